The summed E-state index contributed by atoms with van der Waals surface area (Å²) in [7, 11) is 0. The molecule has 1 aromatic heterocycles. The number of ether oxygens (including phenoxy) is 3. The number of carbonyl (C=O) groups is 2. The van der Waals surface area contributed by atoms with Crippen LogP contribution in [0, 0.1) is 27.7 Å². The Morgan fingerprint density at radius 2 is 1.68 bits per heavy atom. The molecule has 0 N–H and O–H groups in total. The predicted molar refractivity (Wildman–Crippen MR) is 116 cm³/mol. The van der Waals surface area contributed by atoms with Crippen molar-refractivity contribution in [1.29, 1.82) is 0 Å². The van der Waals surface area contributed by atoms with Crippen LogP contribution in [-0.4, -0.2) is 35.6 Å². The zero-order chi connectivity index (χ0) is 22.1. The Bertz CT molecular complexity index is 1140. The van der Waals surface area contributed by atoms with Crippen LogP contribution in [0.1, 0.15) is 32.9 Å². The quantitative estimate of drug-likeness (QED) is 0.456. The second-order valence-corrected chi connectivity index (χ2v) is 7.86. The molecule has 4 rings (SSSR count). The fourth-order valence-corrected chi connectivity index (χ4v) is 3.97. The molecule has 6 nitrogen and oxygen atoms in total. The maximum Gasteiger partial charge on any atom is 0.351 e. The molecule has 1 aliphatic rings. The molecule has 0 bridgehead atoms. The number of carbonyl (C=O) groups excluding carboxylic acids is 2. The van der Waals surface area contributed by atoms with E-state index in [9.17, 15) is 9.59 Å². The van der Waals surface area contributed by atoms with E-state index < -0.39 is 12.1 Å². The average Bonchev–Trinajstić information content (AvgIpc) is 3.04. The van der Waals surface area contributed by atoms with Crippen molar-refractivity contribution in [2.75, 3.05) is 13.2 Å². The Labute approximate surface area is 181 Å². The Balaban J connectivity index is 1.45. The fourth-order valence-electron chi connectivity index (χ4n) is 3.97. The lowest BCUT2D eigenvalue weighted by Crippen LogP contribution is -2.38. The third-order valence-electron chi connectivity index (χ3n) is 5.31. The van der Waals surface area contributed by atoms with Gasteiger partial charge in [0.1, 0.15) is 6.61 Å². The third kappa shape index (κ3) is 4.19. The van der Waals surface area contributed by atoms with Crippen molar-refractivity contribution in [1.82, 2.24) is 4.57 Å². The first kappa shape index (κ1) is 20.7. The molecule has 0 saturated carbocycles. The number of nitrogens with zero attached hydrogens (tertiary/aromatic N) is 1. The molecule has 1 aliphatic heterocycles. The smallest absolute Gasteiger partial charge is 0.351 e. The molecule has 0 fully saturated rings. The minimum Gasteiger partial charge on any atom is -0.485 e. The molecule has 2 heterocycles. The molecule has 0 amide bonds. The largest absolute Gasteiger partial charge is 0.485 e. The van der Waals surface area contributed by atoms with Crippen molar-refractivity contribution in [3.63, 3.8) is 0 Å². The van der Waals surface area contributed by atoms with E-state index >= 15 is 0 Å². The van der Waals surface area contributed by atoms with E-state index in [4.69, 9.17) is 14.2 Å². The van der Waals surface area contributed by atoms with Crippen molar-refractivity contribution in [3.05, 3.63) is 76.6 Å². The van der Waals surface area contributed by atoms with E-state index in [1.165, 1.54) is 0 Å². The number of Topliss-reactive ketones (excluding diaryl/α,β-unsaturated/α-hetero) is 1. The molecule has 0 saturated heterocycles. The SMILES string of the molecule is Cc1cc(C)cc(-n2c(C)cc(C(=O)COC(=O)[C@H]3COc4ccccc4O3)c2C)c1. The van der Waals surface area contributed by atoms with E-state index in [1.54, 1.807) is 18.2 Å². The molecule has 2 aromatic carbocycles. The number of hydrogen-bond donors (Lipinski definition) is 0. The highest BCUT2D eigenvalue weighted by Gasteiger charge is 2.29. The van der Waals surface area contributed by atoms with Gasteiger partial charge in [0.2, 0.25) is 11.9 Å². The summed E-state index contributed by atoms with van der Waals surface area (Å²) in [5.74, 6) is 0.195. The monoisotopic (exact) mass is 419 g/mol. The molecule has 31 heavy (non-hydrogen) atoms. The van der Waals surface area contributed by atoms with Crippen LogP contribution >= 0.6 is 0 Å². The minimum absolute atomic E-state index is 0.0469. The lowest BCUT2D eigenvalue weighted by molar-refractivity contribution is -0.153. The number of rotatable bonds is 5. The third-order valence-corrected chi connectivity index (χ3v) is 5.31. The van der Waals surface area contributed by atoms with Crippen LogP contribution in [0.3, 0.4) is 0 Å². The first-order chi connectivity index (χ1) is 14.8. The summed E-state index contributed by atoms with van der Waals surface area (Å²) >= 11 is 0. The van der Waals surface area contributed by atoms with Gasteiger partial charge in [-0.3, -0.25) is 4.79 Å². The van der Waals surface area contributed by atoms with Crippen molar-refractivity contribution in [2.24, 2.45) is 0 Å². The van der Waals surface area contributed by atoms with Crippen LogP contribution in [-0.2, 0) is 9.53 Å². The Morgan fingerprint density at radius 1 is 1.00 bits per heavy atom. The van der Waals surface area contributed by atoms with Crippen molar-refractivity contribution in [3.8, 4) is 17.2 Å². The number of hydrogen-bond acceptors (Lipinski definition) is 5. The molecular weight excluding hydrogens is 394 g/mol. The number of aryl methyl sites for hydroxylation is 3. The first-order valence-electron chi connectivity index (χ1n) is 10.2. The summed E-state index contributed by atoms with van der Waals surface area (Å²) < 4.78 is 18.5. The highest BCUT2D eigenvalue weighted by atomic mass is 16.6. The molecule has 0 aliphatic carbocycles. The van der Waals surface area contributed by atoms with Crippen molar-refractivity contribution >= 4 is 11.8 Å². The average molecular weight is 419 g/mol. The maximum atomic E-state index is 12.8. The van der Waals surface area contributed by atoms with E-state index in [0.717, 1.165) is 28.2 Å². The number of aromatic nitrogens is 1. The normalized spacial score (nSPS) is 14.9. The van der Waals surface area contributed by atoms with Gasteiger partial charge in [0.25, 0.3) is 0 Å². The van der Waals surface area contributed by atoms with Crippen LogP contribution in [0.2, 0.25) is 0 Å². The minimum atomic E-state index is -0.898. The number of esters is 1. The molecule has 0 radical (unpaired) electrons. The van der Waals surface area contributed by atoms with Crippen LogP contribution in [0.4, 0.5) is 0 Å². The van der Waals surface area contributed by atoms with Gasteiger partial charge in [-0.25, -0.2) is 4.79 Å². The number of ketones is 1. The second kappa shape index (κ2) is 8.30. The molecule has 6 heteroatoms. The zero-order valence-corrected chi connectivity index (χ0v) is 18.1. The number of benzene rings is 2. The molecule has 0 unspecified atom stereocenters. The molecule has 1 atom stereocenters. The van der Waals surface area contributed by atoms with Crippen LogP contribution in [0.15, 0.2) is 48.5 Å². The van der Waals surface area contributed by atoms with Gasteiger partial charge in [-0.05, 0) is 69.2 Å². The number of para-hydroxylation sites is 2. The van der Waals surface area contributed by atoms with Gasteiger partial charge in [0.05, 0.1) is 0 Å². The van der Waals surface area contributed by atoms with Crippen molar-refractivity contribution < 1.29 is 23.8 Å². The van der Waals surface area contributed by atoms with Crippen LogP contribution in [0.25, 0.3) is 5.69 Å². The Morgan fingerprint density at radius 3 is 2.39 bits per heavy atom. The molecule has 160 valence electrons. The summed E-state index contributed by atoms with van der Waals surface area (Å²) in [5, 5.41) is 0. The first-order valence-corrected chi connectivity index (χ1v) is 10.2. The summed E-state index contributed by atoms with van der Waals surface area (Å²) in [5.41, 5.74) is 5.61. The van der Waals surface area contributed by atoms with E-state index in [-0.39, 0.29) is 19.0 Å². The van der Waals surface area contributed by atoms with Gasteiger partial charge in [-0.2, -0.15) is 0 Å². The van der Waals surface area contributed by atoms with Gasteiger partial charge < -0.3 is 18.8 Å². The van der Waals surface area contributed by atoms with Gasteiger partial charge in [-0.15, -0.1) is 0 Å². The van der Waals surface area contributed by atoms with Gasteiger partial charge in [0, 0.05) is 22.6 Å². The van der Waals surface area contributed by atoms with Gasteiger partial charge in [-0.1, -0.05) is 18.2 Å². The van der Waals surface area contributed by atoms with E-state index in [0.29, 0.717) is 17.1 Å². The lowest BCUT2D eigenvalue weighted by Gasteiger charge is -2.24. The topological polar surface area (TPSA) is 66.8 Å². The standard InChI is InChI=1S/C25H25NO5/c1-15-9-16(2)11-19(10-15)26-17(3)12-20(18(26)4)21(27)13-30-25(28)24-14-29-22-7-5-6-8-23(22)31-24/h5-12,24H,13-14H2,1-4H3/t24-/m1/s1. The zero-order valence-electron chi connectivity index (χ0n) is 18.1. The highest BCUT2D eigenvalue weighted by molar-refractivity contribution is 5.99. The van der Waals surface area contributed by atoms with Gasteiger partial charge in [0.15, 0.2) is 18.1 Å². The van der Waals surface area contributed by atoms with Crippen LogP contribution < -0.4 is 9.47 Å². The Hall–Kier alpha value is -3.54. The maximum absolute atomic E-state index is 12.8. The van der Waals surface area contributed by atoms with Crippen molar-refractivity contribution in [2.45, 2.75) is 33.8 Å². The molecular formula is C25H25NO5. The van der Waals surface area contributed by atoms with E-state index in [1.807, 2.05) is 44.4 Å². The predicted octanol–water partition coefficient (Wildman–Crippen LogP) is 4.28. The van der Waals surface area contributed by atoms with E-state index in [2.05, 4.69) is 18.2 Å². The lowest BCUT2D eigenvalue weighted by atomic mass is 10.1. The fraction of sp³-hybridized carbons (Fsp3) is 0.280. The summed E-state index contributed by atoms with van der Waals surface area (Å²) in [4.78, 5) is 25.2. The molecule has 3 aromatic rings. The van der Waals surface area contributed by atoms with Gasteiger partial charge >= 0.3 is 5.97 Å². The summed E-state index contributed by atoms with van der Waals surface area (Å²) in [6.45, 7) is 7.65. The summed E-state index contributed by atoms with van der Waals surface area (Å²) in [6, 6.07) is 15.2. The highest BCUT2D eigenvalue weighted by Crippen LogP contribution is 2.31. The number of fused-ring (bicyclic) bond motifs is 1. The Kier molecular flexibility index (Phi) is 5.55. The molecule has 0 spiro atoms. The van der Waals surface area contributed by atoms with Crippen LogP contribution in [0.5, 0.6) is 11.5 Å². The summed E-state index contributed by atoms with van der Waals surface area (Å²) in [6.07, 6.45) is -0.898. The second-order valence-electron chi connectivity index (χ2n) is 7.86.